The molecular weight excluding hydrogens is 285 g/mol. The van der Waals surface area contributed by atoms with E-state index in [-0.39, 0.29) is 11.9 Å². The molecule has 2 aromatic rings. The highest BCUT2D eigenvalue weighted by molar-refractivity contribution is 5.44. The van der Waals surface area contributed by atoms with Crippen LogP contribution in [0.25, 0.3) is 0 Å². The molecule has 5 nitrogen and oxygen atoms in total. The summed E-state index contributed by atoms with van der Waals surface area (Å²) < 4.78 is 18.9. The van der Waals surface area contributed by atoms with E-state index in [1.807, 2.05) is 17.9 Å². The zero-order valence-corrected chi connectivity index (χ0v) is 12.3. The minimum absolute atomic E-state index is 0.128. The maximum absolute atomic E-state index is 13.5. The number of hydrogen-bond donors (Lipinski definition) is 1. The molecule has 1 aromatic carbocycles. The molecule has 1 aromatic heterocycles. The monoisotopic (exact) mass is 303 g/mol. The van der Waals surface area contributed by atoms with Crippen molar-refractivity contribution in [3.63, 3.8) is 0 Å². The number of aliphatic hydroxyl groups excluding tert-OH is 1. The minimum Gasteiger partial charge on any atom is -0.477 e. The number of aromatic nitrogens is 2. The van der Waals surface area contributed by atoms with Gasteiger partial charge in [-0.25, -0.2) is 4.39 Å². The van der Waals surface area contributed by atoms with Gasteiger partial charge in [-0.3, -0.25) is 4.98 Å². The van der Waals surface area contributed by atoms with Crippen molar-refractivity contribution in [2.45, 2.75) is 25.5 Å². The Morgan fingerprint density at radius 3 is 3.05 bits per heavy atom. The molecule has 0 saturated carbocycles. The molecule has 0 amide bonds. The van der Waals surface area contributed by atoms with Crippen molar-refractivity contribution in [1.82, 2.24) is 9.97 Å². The molecule has 2 unspecified atom stereocenters. The first-order chi connectivity index (χ1) is 10.7. The van der Waals surface area contributed by atoms with Crippen LogP contribution in [0.5, 0.6) is 5.88 Å². The fraction of sp³-hybridized carbons (Fsp3) is 0.375. The van der Waals surface area contributed by atoms with Crippen LogP contribution in [0, 0.1) is 5.82 Å². The Balaban J connectivity index is 1.92. The molecule has 22 heavy (non-hydrogen) atoms. The summed E-state index contributed by atoms with van der Waals surface area (Å²) in [4.78, 5) is 10.5. The lowest BCUT2D eigenvalue weighted by Crippen LogP contribution is -2.25. The van der Waals surface area contributed by atoms with Crippen LogP contribution in [0.2, 0.25) is 0 Å². The number of aliphatic hydroxyl groups is 1. The van der Waals surface area contributed by atoms with Gasteiger partial charge < -0.3 is 14.7 Å². The maximum atomic E-state index is 13.5. The SMILES string of the molecule is CCOc1cncc(N2CC(O)CC2c2cccc(F)c2)n1. The normalized spacial score (nSPS) is 21.1. The zero-order valence-electron chi connectivity index (χ0n) is 12.3. The lowest BCUT2D eigenvalue weighted by Gasteiger charge is -2.25. The van der Waals surface area contributed by atoms with Gasteiger partial charge in [0.25, 0.3) is 0 Å². The zero-order chi connectivity index (χ0) is 15.5. The number of halogens is 1. The molecule has 0 spiro atoms. The van der Waals surface area contributed by atoms with Gasteiger partial charge in [0.15, 0.2) is 5.82 Å². The first-order valence-corrected chi connectivity index (χ1v) is 7.32. The second-order valence-electron chi connectivity index (χ2n) is 5.26. The summed E-state index contributed by atoms with van der Waals surface area (Å²) in [6.45, 7) is 2.82. The summed E-state index contributed by atoms with van der Waals surface area (Å²) in [5, 5.41) is 10.0. The number of rotatable bonds is 4. The fourth-order valence-electron chi connectivity index (χ4n) is 2.79. The summed E-state index contributed by atoms with van der Waals surface area (Å²) >= 11 is 0. The van der Waals surface area contributed by atoms with Gasteiger partial charge in [0.05, 0.1) is 31.1 Å². The lowest BCUT2D eigenvalue weighted by atomic mass is 10.0. The predicted molar refractivity (Wildman–Crippen MR) is 80.3 cm³/mol. The van der Waals surface area contributed by atoms with Crippen LogP contribution in [-0.4, -0.2) is 34.3 Å². The number of nitrogens with zero attached hydrogens (tertiary/aromatic N) is 3. The molecule has 0 bridgehead atoms. The number of anilines is 1. The lowest BCUT2D eigenvalue weighted by molar-refractivity contribution is 0.194. The molecule has 1 aliphatic heterocycles. The highest BCUT2D eigenvalue weighted by Crippen LogP contribution is 2.35. The third-order valence-electron chi connectivity index (χ3n) is 3.70. The van der Waals surface area contributed by atoms with E-state index in [2.05, 4.69) is 9.97 Å². The summed E-state index contributed by atoms with van der Waals surface area (Å²) in [7, 11) is 0. The molecule has 1 fully saturated rings. The highest BCUT2D eigenvalue weighted by Gasteiger charge is 2.33. The van der Waals surface area contributed by atoms with Crippen molar-refractivity contribution in [1.29, 1.82) is 0 Å². The molecule has 3 rings (SSSR count). The van der Waals surface area contributed by atoms with Gasteiger partial charge >= 0.3 is 0 Å². The highest BCUT2D eigenvalue weighted by atomic mass is 19.1. The molecule has 1 saturated heterocycles. The number of ether oxygens (including phenoxy) is 1. The van der Waals surface area contributed by atoms with Gasteiger partial charge in [0, 0.05) is 6.54 Å². The largest absolute Gasteiger partial charge is 0.477 e. The van der Waals surface area contributed by atoms with Crippen LogP contribution in [0.4, 0.5) is 10.2 Å². The van der Waals surface area contributed by atoms with E-state index in [9.17, 15) is 9.50 Å². The second-order valence-corrected chi connectivity index (χ2v) is 5.26. The molecule has 2 heterocycles. The van der Waals surface area contributed by atoms with E-state index in [0.29, 0.717) is 31.3 Å². The number of β-amino-alcohol motifs (C(OH)–C–C–N with tert-alkyl or cyclic N) is 1. The van der Waals surface area contributed by atoms with Gasteiger partial charge in [0.1, 0.15) is 5.82 Å². The van der Waals surface area contributed by atoms with Crippen molar-refractivity contribution in [2.24, 2.45) is 0 Å². The Morgan fingerprint density at radius 1 is 1.41 bits per heavy atom. The Hall–Kier alpha value is -2.21. The van der Waals surface area contributed by atoms with Gasteiger partial charge in [0.2, 0.25) is 5.88 Å². The average molecular weight is 303 g/mol. The molecule has 1 aliphatic rings. The molecule has 0 aliphatic carbocycles. The van der Waals surface area contributed by atoms with Crippen LogP contribution in [0.1, 0.15) is 24.9 Å². The fourth-order valence-corrected chi connectivity index (χ4v) is 2.79. The van der Waals surface area contributed by atoms with Crippen molar-refractivity contribution in [3.05, 3.63) is 48.0 Å². The molecule has 6 heteroatoms. The summed E-state index contributed by atoms with van der Waals surface area (Å²) in [6, 6.07) is 6.32. The van der Waals surface area contributed by atoms with Crippen LogP contribution in [0.3, 0.4) is 0 Å². The number of benzene rings is 1. The van der Waals surface area contributed by atoms with Crippen molar-refractivity contribution >= 4 is 5.82 Å². The van der Waals surface area contributed by atoms with Crippen molar-refractivity contribution in [2.75, 3.05) is 18.1 Å². The summed E-state index contributed by atoms with van der Waals surface area (Å²) in [5.74, 6) is 0.782. The van der Waals surface area contributed by atoms with Crippen LogP contribution < -0.4 is 9.64 Å². The quantitative estimate of drug-likeness (QED) is 0.939. The van der Waals surface area contributed by atoms with E-state index in [1.165, 1.54) is 12.1 Å². The Bertz CT molecular complexity index is 653. The summed E-state index contributed by atoms with van der Waals surface area (Å²) in [5.41, 5.74) is 0.820. The van der Waals surface area contributed by atoms with E-state index in [4.69, 9.17) is 4.74 Å². The van der Waals surface area contributed by atoms with E-state index in [1.54, 1.807) is 18.5 Å². The van der Waals surface area contributed by atoms with Crippen LogP contribution >= 0.6 is 0 Å². The van der Waals surface area contributed by atoms with Crippen LogP contribution in [0.15, 0.2) is 36.7 Å². The Labute approximate surface area is 128 Å². The minimum atomic E-state index is -0.481. The molecule has 116 valence electrons. The predicted octanol–water partition coefficient (Wildman–Crippen LogP) is 2.33. The van der Waals surface area contributed by atoms with Crippen molar-refractivity contribution < 1.29 is 14.2 Å². The maximum Gasteiger partial charge on any atom is 0.234 e. The molecule has 2 atom stereocenters. The Morgan fingerprint density at radius 2 is 2.27 bits per heavy atom. The standard InChI is InChI=1S/C16H18FN3O2/c1-2-22-16-9-18-8-15(19-16)20-10-13(21)7-14(20)11-4-3-5-12(17)6-11/h3-6,8-9,13-14,21H,2,7,10H2,1H3. The first-order valence-electron chi connectivity index (χ1n) is 7.32. The van der Waals surface area contributed by atoms with Crippen LogP contribution in [-0.2, 0) is 0 Å². The molecular formula is C16H18FN3O2. The van der Waals surface area contributed by atoms with E-state index in [0.717, 1.165) is 5.56 Å². The van der Waals surface area contributed by atoms with Gasteiger partial charge in [-0.05, 0) is 31.0 Å². The number of hydrogen-bond acceptors (Lipinski definition) is 5. The van der Waals surface area contributed by atoms with Gasteiger partial charge in [-0.15, -0.1) is 0 Å². The molecule has 0 radical (unpaired) electrons. The third kappa shape index (κ3) is 3.01. The van der Waals surface area contributed by atoms with Gasteiger partial charge in [-0.1, -0.05) is 12.1 Å². The molecule has 1 N–H and O–H groups in total. The van der Waals surface area contributed by atoms with Crippen molar-refractivity contribution in [3.8, 4) is 5.88 Å². The Kier molecular flexibility index (Phi) is 4.20. The van der Waals surface area contributed by atoms with Gasteiger partial charge in [-0.2, -0.15) is 4.98 Å². The second kappa shape index (κ2) is 6.27. The smallest absolute Gasteiger partial charge is 0.234 e. The topological polar surface area (TPSA) is 58.5 Å². The third-order valence-corrected chi connectivity index (χ3v) is 3.70. The van der Waals surface area contributed by atoms with E-state index < -0.39 is 6.10 Å². The van der Waals surface area contributed by atoms with E-state index >= 15 is 0 Å². The average Bonchev–Trinajstić information content (AvgIpc) is 2.90. The summed E-state index contributed by atoms with van der Waals surface area (Å²) in [6.07, 6.45) is 3.24. The first kappa shape index (κ1) is 14.7.